The minimum Gasteiger partial charge on any atom is -0.342 e. The van der Waals surface area contributed by atoms with E-state index < -0.39 is 0 Å². The first-order valence-corrected chi connectivity index (χ1v) is 6.30. The van der Waals surface area contributed by atoms with E-state index in [9.17, 15) is 4.79 Å². The van der Waals surface area contributed by atoms with E-state index in [-0.39, 0.29) is 5.78 Å². The van der Waals surface area contributed by atoms with Gasteiger partial charge in [0.15, 0.2) is 0 Å². The summed E-state index contributed by atoms with van der Waals surface area (Å²) in [7, 11) is 0. The van der Waals surface area contributed by atoms with Gasteiger partial charge < -0.3 is 15.1 Å². The van der Waals surface area contributed by atoms with Crippen LogP contribution in [0.25, 0.3) is 11.0 Å². The van der Waals surface area contributed by atoms with E-state index in [1.807, 2.05) is 13.0 Å². The predicted molar refractivity (Wildman–Crippen MR) is 72.5 cm³/mol. The van der Waals surface area contributed by atoms with Gasteiger partial charge in [-0.2, -0.15) is 0 Å². The number of aryl methyl sites for hydroxylation is 1. The van der Waals surface area contributed by atoms with Crippen molar-refractivity contribution in [3.63, 3.8) is 0 Å². The van der Waals surface area contributed by atoms with Crippen LogP contribution in [0, 0.1) is 6.92 Å². The number of aromatic nitrogens is 2. The lowest BCUT2D eigenvalue weighted by atomic mass is 10.2. The number of imidazole rings is 1. The molecule has 1 aromatic heterocycles. The lowest BCUT2D eigenvalue weighted by Gasteiger charge is -2.04. The maximum absolute atomic E-state index is 10.8. The van der Waals surface area contributed by atoms with E-state index in [1.165, 1.54) is 5.56 Å². The molecule has 0 amide bonds. The SMILES string of the molecule is CC(=O)CCCNCc1ccc2nc(C)[nH]c2c1. The van der Waals surface area contributed by atoms with Crippen LogP contribution in [0.15, 0.2) is 18.2 Å². The van der Waals surface area contributed by atoms with Crippen LogP contribution in [0.3, 0.4) is 0 Å². The highest BCUT2D eigenvalue weighted by atomic mass is 16.1. The summed E-state index contributed by atoms with van der Waals surface area (Å²) in [6.45, 7) is 5.29. The van der Waals surface area contributed by atoms with E-state index >= 15 is 0 Å². The first-order chi connectivity index (χ1) is 8.65. The molecule has 0 saturated carbocycles. The Balaban J connectivity index is 1.86. The van der Waals surface area contributed by atoms with E-state index in [2.05, 4.69) is 27.4 Å². The van der Waals surface area contributed by atoms with Gasteiger partial charge in [0.25, 0.3) is 0 Å². The number of carbonyl (C=O) groups is 1. The number of Topliss-reactive ketones (excluding diaryl/α,β-unsaturated/α-hetero) is 1. The van der Waals surface area contributed by atoms with E-state index in [0.29, 0.717) is 6.42 Å². The maximum atomic E-state index is 10.8. The number of H-pyrrole nitrogens is 1. The molecule has 2 rings (SSSR count). The Kier molecular flexibility index (Phi) is 4.10. The lowest BCUT2D eigenvalue weighted by Crippen LogP contribution is -2.15. The van der Waals surface area contributed by atoms with Gasteiger partial charge in [-0.1, -0.05) is 6.07 Å². The van der Waals surface area contributed by atoms with Gasteiger partial charge in [-0.05, 0) is 44.5 Å². The number of aromatic amines is 1. The number of benzene rings is 1. The standard InChI is InChI=1S/C14H19N3O/c1-10(18)4-3-7-15-9-12-5-6-13-14(8-12)17-11(2)16-13/h5-6,8,15H,3-4,7,9H2,1-2H3,(H,16,17). The van der Waals surface area contributed by atoms with Gasteiger partial charge >= 0.3 is 0 Å². The summed E-state index contributed by atoms with van der Waals surface area (Å²) in [5, 5.41) is 3.34. The van der Waals surface area contributed by atoms with E-state index in [0.717, 1.165) is 36.4 Å². The Morgan fingerprint density at radius 1 is 1.44 bits per heavy atom. The number of fused-ring (bicyclic) bond motifs is 1. The number of ketones is 1. The van der Waals surface area contributed by atoms with Crippen molar-refractivity contribution in [2.24, 2.45) is 0 Å². The van der Waals surface area contributed by atoms with Crippen LogP contribution in [-0.4, -0.2) is 22.3 Å². The van der Waals surface area contributed by atoms with Gasteiger partial charge in [-0.25, -0.2) is 4.98 Å². The van der Waals surface area contributed by atoms with E-state index in [4.69, 9.17) is 0 Å². The lowest BCUT2D eigenvalue weighted by molar-refractivity contribution is -0.117. The molecule has 1 aromatic carbocycles. The molecular weight excluding hydrogens is 226 g/mol. The third kappa shape index (κ3) is 3.40. The average Bonchev–Trinajstić information content (AvgIpc) is 2.67. The van der Waals surface area contributed by atoms with Crippen molar-refractivity contribution in [1.82, 2.24) is 15.3 Å². The molecule has 18 heavy (non-hydrogen) atoms. The maximum Gasteiger partial charge on any atom is 0.129 e. The second kappa shape index (κ2) is 5.78. The molecule has 2 N–H and O–H groups in total. The highest BCUT2D eigenvalue weighted by molar-refractivity contribution is 5.76. The fourth-order valence-electron chi connectivity index (χ4n) is 1.99. The molecule has 1 heterocycles. The van der Waals surface area contributed by atoms with Gasteiger partial charge in [0.2, 0.25) is 0 Å². The summed E-state index contributed by atoms with van der Waals surface area (Å²) in [5.41, 5.74) is 3.32. The number of nitrogens with one attached hydrogen (secondary N) is 2. The molecule has 0 spiro atoms. The average molecular weight is 245 g/mol. The smallest absolute Gasteiger partial charge is 0.129 e. The van der Waals surface area contributed by atoms with Crippen molar-refractivity contribution in [1.29, 1.82) is 0 Å². The Bertz CT molecular complexity index is 545. The van der Waals surface area contributed by atoms with Gasteiger partial charge in [0.05, 0.1) is 11.0 Å². The van der Waals surface area contributed by atoms with Crippen LogP contribution in [0.5, 0.6) is 0 Å². The molecule has 0 bridgehead atoms. The minimum atomic E-state index is 0.256. The normalized spacial score (nSPS) is 11.0. The van der Waals surface area contributed by atoms with Crippen molar-refractivity contribution >= 4 is 16.8 Å². The topological polar surface area (TPSA) is 57.8 Å². The molecule has 0 aliphatic heterocycles. The second-order valence-corrected chi connectivity index (χ2v) is 4.66. The zero-order valence-electron chi connectivity index (χ0n) is 10.9. The molecule has 0 aliphatic rings. The molecule has 2 aromatic rings. The van der Waals surface area contributed by atoms with Crippen LogP contribution < -0.4 is 5.32 Å². The van der Waals surface area contributed by atoms with Gasteiger partial charge in [-0.3, -0.25) is 0 Å². The highest BCUT2D eigenvalue weighted by Gasteiger charge is 2.00. The summed E-state index contributed by atoms with van der Waals surface area (Å²) >= 11 is 0. The number of carbonyl (C=O) groups excluding carboxylic acids is 1. The van der Waals surface area contributed by atoms with Gasteiger partial charge in [-0.15, -0.1) is 0 Å². The predicted octanol–water partition coefficient (Wildman–Crippen LogP) is 2.33. The van der Waals surface area contributed by atoms with Gasteiger partial charge in [0.1, 0.15) is 11.6 Å². The Hall–Kier alpha value is -1.68. The fourth-order valence-corrected chi connectivity index (χ4v) is 1.99. The van der Waals surface area contributed by atoms with Crippen molar-refractivity contribution in [2.75, 3.05) is 6.54 Å². The summed E-state index contributed by atoms with van der Waals surface area (Å²) in [5.74, 6) is 1.20. The second-order valence-electron chi connectivity index (χ2n) is 4.66. The number of hydrogen-bond donors (Lipinski definition) is 2. The minimum absolute atomic E-state index is 0.256. The zero-order chi connectivity index (χ0) is 13.0. The molecule has 0 unspecified atom stereocenters. The van der Waals surface area contributed by atoms with Crippen LogP contribution in [0.2, 0.25) is 0 Å². The molecule has 4 heteroatoms. The number of nitrogens with zero attached hydrogens (tertiary/aromatic N) is 1. The summed E-state index contributed by atoms with van der Waals surface area (Å²) in [4.78, 5) is 18.4. The first kappa shape index (κ1) is 12.8. The fraction of sp³-hybridized carbons (Fsp3) is 0.429. The van der Waals surface area contributed by atoms with Crippen molar-refractivity contribution in [3.8, 4) is 0 Å². The third-order valence-electron chi connectivity index (χ3n) is 2.88. The molecule has 0 fully saturated rings. The van der Waals surface area contributed by atoms with Crippen molar-refractivity contribution < 1.29 is 4.79 Å². The first-order valence-electron chi connectivity index (χ1n) is 6.30. The third-order valence-corrected chi connectivity index (χ3v) is 2.88. The number of hydrogen-bond acceptors (Lipinski definition) is 3. The van der Waals surface area contributed by atoms with Crippen LogP contribution in [-0.2, 0) is 11.3 Å². The molecular formula is C14H19N3O. The Labute approximate surface area is 107 Å². The molecule has 0 radical (unpaired) electrons. The van der Waals surface area contributed by atoms with Crippen LogP contribution in [0.1, 0.15) is 31.2 Å². The summed E-state index contributed by atoms with van der Waals surface area (Å²) in [6.07, 6.45) is 1.56. The molecule has 4 nitrogen and oxygen atoms in total. The highest BCUT2D eigenvalue weighted by Crippen LogP contribution is 2.13. The quantitative estimate of drug-likeness (QED) is 0.768. The largest absolute Gasteiger partial charge is 0.342 e. The number of rotatable bonds is 6. The zero-order valence-corrected chi connectivity index (χ0v) is 10.9. The van der Waals surface area contributed by atoms with Crippen LogP contribution >= 0.6 is 0 Å². The molecule has 0 aliphatic carbocycles. The summed E-state index contributed by atoms with van der Waals surface area (Å²) in [6, 6.07) is 6.24. The van der Waals surface area contributed by atoms with Crippen LogP contribution in [0.4, 0.5) is 0 Å². The van der Waals surface area contributed by atoms with Gasteiger partial charge in [0, 0.05) is 13.0 Å². The van der Waals surface area contributed by atoms with Crippen molar-refractivity contribution in [2.45, 2.75) is 33.2 Å². The van der Waals surface area contributed by atoms with E-state index in [1.54, 1.807) is 6.92 Å². The Morgan fingerprint density at radius 3 is 3.06 bits per heavy atom. The van der Waals surface area contributed by atoms with Crippen molar-refractivity contribution in [3.05, 3.63) is 29.6 Å². The molecule has 0 saturated heterocycles. The molecule has 0 atom stereocenters. The summed E-state index contributed by atoms with van der Waals surface area (Å²) < 4.78 is 0. The monoisotopic (exact) mass is 245 g/mol. The molecule has 96 valence electrons. The Morgan fingerprint density at radius 2 is 2.28 bits per heavy atom.